The lowest BCUT2D eigenvalue weighted by atomic mass is 9.87. The largest absolute Gasteiger partial charge is 0.368 e. The van der Waals surface area contributed by atoms with E-state index in [1.54, 1.807) is 6.20 Å². The minimum Gasteiger partial charge on any atom is -0.368 e. The Morgan fingerprint density at radius 2 is 1.93 bits per heavy atom. The third kappa shape index (κ3) is 3.10. The van der Waals surface area contributed by atoms with E-state index in [4.69, 9.17) is 5.73 Å². The molecule has 3 aromatic rings. The van der Waals surface area contributed by atoms with Crippen LogP contribution in [0.1, 0.15) is 33.4 Å². The second-order valence-corrected chi connectivity index (χ2v) is 8.40. The number of fused-ring (bicyclic) bond motifs is 1. The van der Waals surface area contributed by atoms with Gasteiger partial charge >= 0.3 is 0 Å². The van der Waals surface area contributed by atoms with Crippen molar-refractivity contribution in [3.8, 4) is 0 Å². The van der Waals surface area contributed by atoms with Crippen LogP contribution < -0.4 is 10.6 Å². The van der Waals surface area contributed by atoms with Crippen LogP contribution in [0.2, 0.25) is 0 Å². The average molecular weight is 403 g/mol. The van der Waals surface area contributed by atoms with Crippen LogP contribution in [0.4, 0.5) is 11.8 Å². The van der Waals surface area contributed by atoms with Crippen molar-refractivity contribution in [2.45, 2.75) is 19.9 Å². The van der Waals surface area contributed by atoms with E-state index in [0.29, 0.717) is 23.5 Å². The highest BCUT2D eigenvalue weighted by Gasteiger charge is 2.50. The molecule has 2 saturated heterocycles. The molecular formula is C23H26N6O. The zero-order valence-corrected chi connectivity index (χ0v) is 17.2. The number of hydrogen-bond donors (Lipinski definition) is 2. The van der Waals surface area contributed by atoms with Gasteiger partial charge in [-0.05, 0) is 37.1 Å². The number of aromatic nitrogens is 3. The number of carbonyl (C=O) groups is 1. The Kier molecular flexibility index (Phi) is 4.46. The number of rotatable bonds is 3. The molecule has 0 spiro atoms. The fourth-order valence-electron chi connectivity index (χ4n) is 5.11. The highest BCUT2D eigenvalue weighted by molar-refractivity contribution is 5.93. The molecule has 0 radical (unpaired) electrons. The number of nitrogen functional groups attached to an aromatic ring is 1. The number of anilines is 2. The summed E-state index contributed by atoms with van der Waals surface area (Å²) in [6, 6.07) is 14.2. The molecule has 0 unspecified atom stereocenters. The molecule has 3 N–H and O–H groups in total. The Labute approximate surface area is 175 Å². The highest BCUT2D eigenvalue weighted by atomic mass is 16.2. The van der Waals surface area contributed by atoms with Crippen molar-refractivity contribution in [1.82, 2.24) is 19.9 Å². The van der Waals surface area contributed by atoms with Gasteiger partial charge in [-0.3, -0.25) is 4.79 Å². The van der Waals surface area contributed by atoms with Gasteiger partial charge in [0.15, 0.2) is 0 Å². The number of nitrogens with zero attached hydrogens (tertiary/aromatic N) is 4. The number of nitrogens with two attached hydrogens (primary N) is 1. The van der Waals surface area contributed by atoms with Crippen molar-refractivity contribution in [2.24, 2.45) is 11.8 Å². The molecule has 2 aliphatic heterocycles. The molecule has 0 aliphatic carbocycles. The molecule has 0 bridgehead atoms. The normalized spacial score (nSPS) is 23.1. The van der Waals surface area contributed by atoms with Gasteiger partial charge in [-0.2, -0.15) is 4.98 Å². The predicted octanol–water partition coefficient (Wildman–Crippen LogP) is 2.95. The molecule has 1 amide bonds. The standard InChI is InChI=1S/C23H26N6O/c1-14-6-3-4-7-17(14)21-18-13-28(20-10-15(2)26-23(24)27-20)11-16(18)12-29(21)22(30)19-8-5-9-25-19/h3-10,16,18,21,25H,11-13H2,1-2H3,(H2,24,26,27)/t16-,18-,21+/m0/s1. The first-order chi connectivity index (χ1) is 14.5. The molecule has 4 heterocycles. The van der Waals surface area contributed by atoms with Crippen molar-refractivity contribution in [3.05, 3.63) is 71.2 Å². The summed E-state index contributed by atoms with van der Waals surface area (Å²) in [5.74, 6) is 1.96. The number of likely N-dealkylation sites (tertiary alicyclic amines) is 1. The van der Waals surface area contributed by atoms with E-state index in [9.17, 15) is 4.79 Å². The van der Waals surface area contributed by atoms with E-state index < -0.39 is 0 Å². The second-order valence-electron chi connectivity index (χ2n) is 8.40. The summed E-state index contributed by atoms with van der Waals surface area (Å²) < 4.78 is 0. The van der Waals surface area contributed by atoms with Gasteiger partial charge in [-0.25, -0.2) is 4.98 Å². The Hall–Kier alpha value is -3.35. The van der Waals surface area contributed by atoms with E-state index in [1.807, 2.05) is 25.1 Å². The summed E-state index contributed by atoms with van der Waals surface area (Å²) in [4.78, 5) is 29.4. The molecule has 7 heteroatoms. The summed E-state index contributed by atoms with van der Waals surface area (Å²) in [6.45, 7) is 6.50. The van der Waals surface area contributed by atoms with E-state index in [2.05, 4.69) is 55.9 Å². The molecule has 5 rings (SSSR count). The number of benzene rings is 1. The maximum absolute atomic E-state index is 13.3. The smallest absolute Gasteiger partial charge is 0.270 e. The van der Waals surface area contributed by atoms with Crippen LogP contribution in [0.15, 0.2) is 48.7 Å². The second kappa shape index (κ2) is 7.16. The molecule has 154 valence electrons. The molecule has 30 heavy (non-hydrogen) atoms. The van der Waals surface area contributed by atoms with E-state index in [0.717, 1.165) is 31.1 Å². The van der Waals surface area contributed by atoms with Gasteiger partial charge in [0, 0.05) is 49.4 Å². The predicted molar refractivity (Wildman–Crippen MR) is 116 cm³/mol. The number of carbonyl (C=O) groups excluding carboxylic acids is 1. The Balaban J connectivity index is 1.49. The molecule has 1 aromatic carbocycles. The monoisotopic (exact) mass is 402 g/mol. The zero-order valence-electron chi connectivity index (χ0n) is 17.2. The van der Waals surface area contributed by atoms with E-state index >= 15 is 0 Å². The van der Waals surface area contributed by atoms with E-state index in [1.165, 1.54) is 11.1 Å². The van der Waals surface area contributed by atoms with Crippen molar-refractivity contribution in [3.63, 3.8) is 0 Å². The van der Waals surface area contributed by atoms with Gasteiger partial charge in [-0.15, -0.1) is 0 Å². The lowest BCUT2D eigenvalue weighted by Gasteiger charge is -2.31. The SMILES string of the molecule is Cc1cc(N2C[C@H]3CN(C(=O)c4ccc[nH]4)[C@H](c4ccccc4C)[C@H]3C2)nc(N)n1. The number of amides is 1. The molecule has 0 saturated carbocycles. The summed E-state index contributed by atoms with van der Waals surface area (Å²) >= 11 is 0. The Morgan fingerprint density at radius 3 is 2.67 bits per heavy atom. The summed E-state index contributed by atoms with van der Waals surface area (Å²) in [5.41, 5.74) is 9.85. The van der Waals surface area contributed by atoms with Crippen LogP contribution in [0, 0.1) is 25.7 Å². The van der Waals surface area contributed by atoms with Crippen LogP contribution >= 0.6 is 0 Å². The lowest BCUT2D eigenvalue weighted by molar-refractivity contribution is 0.0710. The number of aryl methyl sites for hydroxylation is 2. The molecule has 3 atom stereocenters. The first-order valence-corrected chi connectivity index (χ1v) is 10.4. The highest BCUT2D eigenvalue weighted by Crippen LogP contribution is 2.47. The van der Waals surface area contributed by atoms with E-state index in [-0.39, 0.29) is 11.9 Å². The third-order valence-electron chi connectivity index (χ3n) is 6.44. The van der Waals surface area contributed by atoms with Crippen LogP contribution in [-0.4, -0.2) is 45.4 Å². The minimum absolute atomic E-state index is 0.0391. The van der Waals surface area contributed by atoms with Crippen molar-refractivity contribution >= 4 is 17.7 Å². The van der Waals surface area contributed by atoms with Crippen LogP contribution in [0.25, 0.3) is 0 Å². The van der Waals surface area contributed by atoms with Crippen molar-refractivity contribution in [2.75, 3.05) is 30.3 Å². The minimum atomic E-state index is 0.0391. The zero-order chi connectivity index (χ0) is 20.8. The topological polar surface area (TPSA) is 91.1 Å². The van der Waals surface area contributed by atoms with Gasteiger partial charge < -0.3 is 20.5 Å². The first kappa shape index (κ1) is 18.7. The van der Waals surface area contributed by atoms with Crippen LogP contribution in [-0.2, 0) is 0 Å². The maximum Gasteiger partial charge on any atom is 0.270 e. The fourth-order valence-corrected chi connectivity index (χ4v) is 5.11. The average Bonchev–Trinajstić information content (AvgIpc) is 3.43. The Bertz CT molecular complexity index is 1060. The number of aromatic amines is 1. The summed E-state index contributed by atoms with van der Waals surface area (Å²) in [7, 11) is 0. The van der Waals surface area contributed by atoms with Crippen molar-refractivity contribution < 1.29 is 4.79 Å². The van der Waals surface area contributed by atoms with Gasteiger partial charge in [0.25, 0.3) is 5.91 Å². The van der Waals surface area contributed by atoms with Gasteiger partial charge in [0.05, 0.1) is 6.04 Å². The molecule has 2 fully saturated rings. The fraction of sp³-hybridized carbons (Fsp3) is 0.348. The Morgan fingerprint density at radius 1 is 1.10 bits per heavy atom. The van der Waals surface area contributed by atoms with Gasteiger partial charge in [0.2, 0.25) is 5.95 Å². The van der Waals surface area contributed by atoms with Gasteiger partial charge in [0.1, 0.15) is 11.5 Å². The molecule has 2 aliphatic rings. The van der Waals surface area contributed by atoms with Crippen LogP contribution in [0.3, 0.4) is 0 Å². The third-order valence-corrected chi connectivity index (χ3v) is 6.44. The van der Waals surface area contributed by atoms with Crippen LogP contribution in [0.5, 0.6) is 0 Å². The number of nitrogens with one attached hydrogen (secondary N) is 1. The molecular weight excluding hydrogens is 376 g/mol. The van der Waals surface area contributed by atoms with Crippen molar-refractivity contribution in [1.29, 1.82) is 0 Å². The number of H-pyrrole nitrogens is 1. The lowest BCUT2D eigenvalue weighted by Crippen LogP contribution is -2.36. The first-order valence-electron chi connectivity index (χ1n) is 10.4. The number of hydrogen-bond acceptors (Lipinski definition) is 5. The van der Waals surface area contributed by atoms with Gasteiger partial charge in [-0.1, -0.05) is 24.3 Å². The summed E-state index contributed by atoms with van der Waals surface area (Å²) in [6.07, 6.45) is 1.80. The summed E-state index contributed by atoms with van der Waals surface area (Å²) in [5, 5.41) is 0. The quantitative estimate of drug-likeness (QED) is 0.703. The molecule has 7 nitrogen and oxygen atoms in total. The maximum atomic E-state index is 13.3. The molecule has 2 aromatic heterocycles.